The first-order valence-electron chi connectivity index (χ1n) is 6.31. The molecule has 0 aliphatic rings. The first-order valence-corrected chi connectivity index (χ1v) is 6.69. The van der Waals surface area contributed by atoms with Gasteiger partial charge in [-0.2, -0.15) is 0 Å². The Labute approximate surface area is 121 Å². The Morgan fingerprint density at radius 2 is 2.00 bits per heavy atom. The minimum atomic E-state index is 0.208. The van der Waals surface area contributed by atoms with E-state index in [1.807, 2.05) is 24.5 Å². The van der Waals surface area contributed by atoms with Crippen LogP contribution in [0.4, 0.5) is 5.95 Å². The summed E-state index contributed by atoms with van der Waals surface area (Å²) in [5.41, 5.74) is 9.19. The number of halogens is 1. The standard InChI is InChI=1S/C14H14ClN5/c1-8(2)11-6-17-12-4-3-9(7-20(11)12)13-10(15)5-18-14(16)19-13/h3-8H,1-2H3,(H2,16,18,19). The van der Waals surface area contributed by atoms with Gasteiger partial charge in [0.2, 0.25) is 5.95 Å². The smallest absolute Gasteiger partial charge is 0.220 e. The molecule has 0 bridgehead atoms. The molecule has 3 aromatic heterocycles. The first-order chi connectivity index (χ1) is 9.56. The van der Waals surface area contributed by atoms with Crippen molar-refractivity contribution >= 4 is 23.2 Å². The lowest BCUT2D eigenvalue weighted by Crippen LogP contribution is -1.99. The van der Waals surface area contributed by atoms with Crippen LogP contribution in [0.1, 0.15) is 25.5 Å². The molecule has 0 amide bonds. The predicted molar refractivity (Wildman–Crippen MR) is 79.7 cm³/mol. The highest BCUT2D eigenvalue weighted by Gasteiger charge is 2.11. The van der Waals surface area contributed by atoms with Crippen LogP contribution in [0.2, 0.25) is 5.02 Å². The van der Waals surface area contributed by atoms with Crippen LogP contribution in [0.25, 0.3) is 16.9 Å². The average molecular weight is 288 g/mol. The summed E-state index contributed by atoms with van der Waals surface area (Å²) in [7, 11) is 0. The van der Waals surface area contributed by atoms with Crippen molar-refractivity contribution in [1.29, 1.82) is 0 Å². The minimum Gasteiger partial charge on any atom is -0.368 e. The SMILES string of the molecule is CC(C)c1cnc2ccc(-c3nc(N)ncc3Cl)cn12. The van der Waals surface area contributed by atoms with Crippen molar-refractivity contribution in [3.63, 3.8) is 0 Å². The summed E-state index contributed by atoms with van der Waals surface area (Å²) in [6.45, 7) is 4.26. The maximum Gasteiger partial charge on any atom is 0.220 e. The molecule has 0 saturated heterocycles. The molecule has 0 aliphatic heterocycles. The van der Waals surface area contributed by atoms with Gasteiger partial charge in [0.05, 0.1) is 16.9 Å². The van der Waals surface area contributed by atoms with Gasteiger partial charge in [-0.3, -0.25) is 0 Å². The number of hydrogen-bond donors (Lipinski definition) is 1. The Morgan fingerprint density at radius 3 is 2.75 bits per heavy atom. The van der Waals surface area contributed by atoms with E-state index in [-0.39, 0.29) is 5.95 Å². The predicted octanol–water partition coefficient (Wildman–Crippen LogP) is 3.15. The van der Waals surface area contributed by atoms with Gasteiger partial charge in [-0.15, -0.1) is 0 Å². The lowest BCUT2D eigenvalue weighted by molar-refractivity contribution is 0.809. The second-order valence-electron chi connectivity index (χ2n) is 4.91. The number of anilines is 1. The summed E-state index contributed by atoms with van der Waals surface area (Å²) in [5, 5.41) is 0.477. The van der Waals surface area contributed by atoms with Crippen LogP contribution in [0.5, 0.6) is 0 Å². The molecule has 2 N–H and O–H groups in total. The average Bonchev–Trinajstić information content (AvgIpc) is 2.84. The molecule has 6 heteroatoms. The van der Waals surface area contributed by atoms with E-state index in [0.29, 0.717) is 16.6 Å². The van der Waals surface area contributed by atoms with Crippen molar-refractivity contribution in [1.82, 2.24) is 19.4 Å². The maximum absolute atomic E-state index is 6.15. The normalized spacial score (nSPS) is 11.4. The number of aromatic nitrogens is 4. The lowest BCUT2D eigenvalue weighted by Gasteiger charge is -2.08. The molecule has 5 nitrogen and oxygen atoms in total. The molecule has 0 spiro atoms. The van der Waals surface area contributed by atoms with Gasteiger partial charge in [-0.05, 0) is 18.1 Å². The van der Waals surface area contributed by atoms with Crippen molar-refractivity contribution in [2.24, 2.45) is 0 Å². The third-order valence-corrected chi connectivity index (χ3v) is 3.44. The number of nitrogens with zero attached hydrogens (tertiary/aromatic N) is 4. The van der Waals surface area contributed by atoms with Crippen LogP contribution in [0, 0.1) is 0 Å². The third kappa shape index (κ3) is 2.10. The summed E-state index contributed by atoms with van der Waals surface area (Å²) in [6, 6.07) is 3.87. The number of nitrogen functional groups attached to an aromatic ring is 1. The molecule has 0 atom stereocenters. The van der Waals surface area contributed by atoms with E-state index in [1.165, 1.54) is 6.20 Å². The molecule has 0 saturated carbocycles. The summed E-state index contributed by atoms with van der Waals surface area (Å²) < 4.78 is 2.05. The molecule has 0 aromatic carbocycles. The Hall–Kier alpha value is -2.14. The number of rotatable bonds is 2. The van der Waals surface area contributed by atoms with Crippen molar-refractivity contribution in [2.75, 3.05) is 5.73 Å². The molecule has 0 aliphatic carbocycles. The largest absolute Gasteiger partial charge is 0.368 e. The Kier molecular flexibility index (Phi) is 3.06. The highest BCUT2D eigenvalue weighted by Crippen LogP contribution is 2.27. The van der Waals surface area contributed by atoms with Gasteiger partial charge in [0, 0.05) is 23.7 Å². The quantitative estimate of drug-likeness (QED) is 0.786. The molecule has 20 heavy (non-hydrogen) atoms. The van der Waals surface area contributed by atoms with Crippen molar-refractivity contribution in [3.8, 4) is 11.3 Å². The van der Waals surface area contributed by atoms with Gasteiger partial charge in [-0.1, -0.05) is 25.4 Å². The number of fused-ring (bicyclic) bond motifs is 1. The van der Waals surface area contributed by atoms with Crippen LogP contribution >= 0.6 is 11.6 Å². The van der Waals surface area contributed by atoms with Gasteiger partial charge in [0.25, 0.3) is 0 Å². The van der Waals surface area contributed by atoms with E-state index >= 15 is 0 Å². The van der Waals surface area contributed by atoms with E-state index < -0.39 is 0 Å². The summed E-state index contributed by atoms with van der Waals surface area (Å²) in [6.07, 6.45) is 5.38. The summed E-state index contributed by atoms with van der Waals surface area (Å²) >= 11 is 6.15. The maximum atomic E-state index is 6.15. The fourth-order valence-electron chi connectivity index (χ4n) is 2.15. The molecule has 3 rings (SSSR count). The van der Waals surface area contributed by atoms with Crippen molar-refractivity contribution in [3.05, 3.63) is 41.4 Å². The Morgan fingerprint density at radius 1 is 1.20 bits per heavy atom. The fourth-order valence-corrected chi connectivity index (χ4v) is 2.35. The molecule has 0 radical (unpaired) electrons. The zero-order valence-electron chi connectivity index (χ0n) is 11.2. The fraction of sp³-hybridized carbons (Fsp3) is 0.214. The van der Waals surface area contributed by atoms with Crippen molar-refractivity contribution < 1.29 is 0 Å². The molecule has 0 unspecified atom stereocenters. The van der Waals surface area contributed by atoms with Crippen LogP contribution in [0.15, 0.2) is 30.7 Å². The second kappa shape index (κ2) is 4.76. The molecular weight excluding hydrogens is 274 g/mol. The minimum absolute atomic E-state index is 0.208. The van der Waals surface area contributed by atoms with E-state index in [9.17, 15) is 0 Å². The van der Waals surface area contributed by atoms with Gasteiger partial charge in [-0.25, -0.2) is 15.0 Å². The van der Waals surface area contributed by atoms with E-state index in [2.05, 4.69) is 33.2 Å². The van der Waals surface area contributed by atoms with Crippen LogP contribution in [-0.2, 0) is 0 Å². The topological polar surface area (TPSA) is 69.1 Å². The van der Waals surface area contributed by atoms with Crippen LogP contribution in [-0.4, -0.2) is 19.4 Å². The number of hydrogen-bond acceptors (Lipinski definition) is 4. The lowest BCUT2D eigenvalue weighted by atomic mass is 10.1. The van der Waals surface area contributed by atoms with Gasteiger partial charge >= 0.3 is 0 Å². The van der Waals surface area contributed by atoms with E-state index in [1.54, 1.807) is 0 Å². The van der Waals surface area contributed by atoms with Gasteiger partial charge in [0.15, 0.2) is 0 Å². The Balaban J connectivity index is 2.21. The Bertz CT molecular complexity index is 778. The molecule has 3 heterocycles. The summed E-state index contributed by atoms with van der Waals surface area (Å²) in [5.74, 6) is 0.588. The second-order valence-corrected chi connectivity index (χ2v) is 5.32. The molecule has 0 fully saturated rings. The zero-order chi connectivity index (χ0) is 14.3. The van der Waals surface area contributed by atoms with Crippen molar-refractivity contribution in [2.45, 2.75) is 19.8 Å². The van der Waals surface area contributed by atoms with E-state index in [4.69, 9.17) is 17.3 Å². The van der Waals surface area contributed by atoms with Crippen LogP contribution < -0.4 is 5.73 Å². The zero-order valence-corrected chi connectivity index (χ0v) is 12.0. The molecular formula is C14H14ClN5. The van der Waals surface area contributed by atoms with Gasteiger partial charge in [0.1, 0.15) is 5.65 Å². The van der Waals surface area contributed by atoms with Gasteiger partial charge < -0.3 is 10.1 Å². The number of pyridine rings is 1. The number of nitrogens with two attached hydrogens (primary N) is 1. The summed E-state index contributed by atoms with van der Waals surface area (Å²) in [4.78, 5) is 12.5. The monoisotopic (exact) mass is 287 g/mol. The molecule has 102 valence electrons. The van der Waals surface area contributed by atoms with Crippen LogP contribution in [0.3, 0.4) is 0 Å². The third-order valence-electron chi connectivity index (χ3n) is 3.16. The highest BCUT2D eigenvalue weighted by atomic mass is 35.5. The highest BCUT2D eigenvalue weighted by molar-refractivity contribution is 6.32. The van der Waals surface area contributed by atoms with E-state index in [0.717, 1.165) is 16.9 Å². The number of imidazole rings is 1. The molecule has 3 aromatic rings. The first kappa shape index (κ1) is 12.9.